The molecule has 0 spiro atoms. The predicted molar refractivity (Wildman–Crippen MR) is 116 cm³/mol. The molecule has 6 nitrogen and oxygen atoms in total. The summed E-state index contributed by atoms with van der Waals surface area (Å²) in [5, 5.41) is 11.5. The first-order chi connectivity index (χ1) is 14.3. The van der Waals surface area contributed by atoms with E-state index in [9.17, 15) is 19.5 Å². The van der Waals surface area contributed by atoms with Gasteiger partial charge in [-0.1, -0.05) is 46.3 Å². The molecule has 4 aliphatic carbocycles. The number of carbonyl (C=O) groups is 3. The Bertz CT molecular complexity index is 852. The van der Waals surface area contributed by atoms with Crippen LogP contribution < -0.4 is 0 Å². The molecule has 0 aliphatic heterocycles. The molecule has 172 valence electrons. The quantitative estimate of drug-likeness (QED) is 0.527. The molecule has 0 aromatic carbocycles. The standard InChI is InChI=1S/C25H36O6/c1-9-12(3)22(28)30-20-19(27)21(31-23(29)13(4)10-2)25(8)16-14(5)11-15(26)17(25)18(16)24(20,6)7/h9,11,13,16-21,27H,10H2,1-8H3/b12-9-/t13?,16-,17?,18?,19+,20+,21+,25+/m0/s1. The van der Waals surface area contributed by atoms with Crippen LogP contribution in [0.1, 0.15) is 61.8 Å². The number of ether oxygens (including phenoxy) is 2. The lowest BCUT2D eigenvalue weighted by molar-refractivity contribution is -0.212. The fourth-order valence-corrected chi connectivity index (χ4v) is 6.22. The van der Waals surface area contributed by atoms with Crippen molar-refractivity contribution in [2.75, 3.05) is 0 Å². The topological polar surface area (TPSA) is 89.9 Å². The van der Waals surface area contributed by atoms with E-state index in [0.29, 0.717) is 12.0 Å². The average Bonchev–Trinajstić information content (AvgIpc) is 2.78. The third-order valence-electron chi connectivity index (χ3n) is 8.30. The van der Waals surface area contributed by atoms with Crippen molar-refractivity contribution in [3.8, 4) is 0 Å². The van der Waals surface area contributed by atoms with E-state index in [1.165, 1.54) is 0 Å². The molecule has 4 bridgehead atoms. The molecule has 8 atom stereocenters. The Balaban J connectivity index is 2.11. The zero-order chi connectivity index (χ0) is 23.5. The number of fused-ring (bicyclic) bond motifs is 3. The van der Waals surface area contributed by atoms with Crippen molar-refractivity contribution < 1.29 is 29.0 Å². The second kappa shape index (κ2) is 7.88. The van der Waals surface area contributed by atoms with Gasteiger partial charge in [0.15, 0.2) is 5.78 Å². The normalized spacial score (nSPS) is 39.6. The highest BCUT2D eigenvalue weighted by molar-refractivity contribution is 5.97. The molecule has 0 aromatic heterocycles. The van der Waals surface area contributed by atoms with E-state index in [1.807, 2.05) is 34.6 Å². The Morgan fingerprint density at radius 1 is 1.19 bits per heavy atom. The smallest absolute Gasteiger partial charge is 0.333 e. The van der Waals surface area contributed by atoms with Crippen LogP contribution in [0.2, 0.25) is 0 Å². The van der Waals surface area contributed by atoms with Crippen LogP contribution >= 0.6 is 0 Å². The molecular weight excluding hydrogens is 396 g/mol. The van der Waals surface area contributed by atoms with E-state index in [-0.39, 0.29) is 23.5 Å². The van der Waals surface area contributed by atoms with E-state index in [0.717, 1.165) is 5.57 Å². The van der Waals surface area contributed by atoms with Crippen LogP contribution in [0.3, 0.4) is 0 Å². The van der Waals surface area contributed by atoms with Crippen LogP contribution in [0.25, 0.3) is 0 Å². The first kappa shape index (κ1) is 23.7. The van der Waals surface area contributed by atoms with Gasteiger partial charge in [0, 0.05) is 22.3 Å². The van der Waals surface area contributed by atoms with Gasteiger partial charge in [0.05, 0.1) is 5.92 Å². The number of ketones is 1. The maximum atomic E-state index is 13.1. The fourth-order valence-electron chi connectivity index (χ4n) is 6.22. The summed E-state index contributed by atoms with van der Waals surface area (Å²) in [5.41, 5.74) is -0.0644. The minimum absolute atomic E-state index is 0.00558. The number of esters is 2. The molecule has 0 radical (unpaired) electrons. The minimum Gasteiger partial charge on any atom is -0.459 e. The molecule has 0 amide bonds. The molecule has 4 rings (SSSR count). The Morgan fingerprint density at radius 3 is 2.32 bits per heavy atom. The maximum Gasteiger partial charge on any atom is 0.333 e. The monoisotopic (exact) mass is 432 g/mol. The van der Waals surface area contributed by atoms with Gasteiger partial charge in [-0.2, -0.15) is 0 Å². The van der Waals surface area contributed by atoms with Crippen molar-refractivity contribution in [1.82, 2.24) is 0 Å². The van der Waals surface area contributed by atoms with Gasteiger partial charge in [0.25, 0.3) is 0 Å². The van der Waals surface area contributed by atoms with E-state index in [4.69, 9.17) is 9.47 Å². The van der Waals surface area contributed by atoms with Gasteiger partial charge in [-0.25, -0.2) is 4.79 Å². The lowest BCUT2D eigenvalue weighted by atomic mass is 9.37. The van der Waals surface area contributed by atoms with E-state index in [2.05, 4.69) is 0 Å². The van der Waals surface area contributed by atoms with Gasteiger partial charge in [-0.15, -0.1) is 0 Å². The SMILES string of the molecule is C/C=C(/C)C(=O)O[C@@H]1[C@@H](O)[C@@H](OC(=O)C(C)CC)[C@@]2(C)C3C(=O)C=C(C)[C@H]2C3C1(C)C. The summed E-state index contributed by atoms with van der Waals surface area (Å²) in [6, 6.07) is 0. The van der Waals surface area contributed by atoms with Crippen molar-refractivity contribution in [2.45, 2.75) is 80.1 Å². The highest BCUT2D eigenvalue weighted by Crippen LogP contribution is 2.72. The van der Waals surface area contributed by atoms with Crippen molar-refractivity contribution in [1.29, 1.82) is 0 Å². The number of carbonyl (C=O) groups excluding carboxylic acids is 3. The predicted octanol–water partition coefficient (Wildman–Crippen LogP) is 3.62. The van der Waals surface area contributed by atoms with E-state index < -0.39 is 47.0 Å². The van der Waals surface area contributed by atoms with Gasteiger partial charge in [0.1, 0.15) is 18.3 Å². The molecule has 4 aliphatic rings. The van der Waals surface area contributed by atoms with Gasteiger partial charge < -0.3 is 14.6 Å². The Morgan fingerprint density at radius 2 is 1.81 bits per heavy atom. The lowest BCUT2D eigenvalue weighted by Crippen LogP contribution is -2.68. The summed E-state index contributed by atoms with van der Waals surface area (Å²) in [7, 11) is 0. The first-order valence-electron chi connectivity index (χ1n) is 11.3. The lowest BCUT2D eigenvalue weighted by Gasteiger charge is -2.65. The molecule has 3 unspecified atom stereocenters. The maximum absolute atomic E-state index is 13.1. The number of rotatable bonds is 5. The summed E-state index contributed by atoms with van der Waals surface area (Å²) < 4.78 is 11.8. The van der Waals surface area contributed by atoms with Crippen molar-refractivity contribution in [3.05, 3.63) is 23.3 Å². The zero-order valence-corrected chi connectivity index (χ0v) is 19.9. The highest BCUT2D eigenvalue weighted by Gasteiger charge is 2.76. The summed E-state index contributed by atoms with van der Waals surface area (Å²) in [6.07, 6.45) is 0.847. The van der Waals surface area contributed by atoms with Gasteiger partial charge in [-0.3, -0.25) is 9.59 Å². The highest BCUT2D eigenvalue weighted by atomic mass is 16.6. The Labute approximate surface area is 185 Å². The van der Waals surface area contributed by atoms with Crippen molar-refractivity contribution in [2.24, 2.45) is 34.5 Å². The minimum atomic E-state index is -1.24. The molecule has 3 saturated carbocycles. The van der Waals surface area contributed by atoms with Crippen LogP contribution in [0.5, 0.6) is 0 Å². The average molecular weight is 433 g/mol. The summed E-state index contributed by atoms with van der Waals surface area (Å²) in [4.78, 5) is 38.5. The van der Waals surface area contributed by atoms with Gasteiger partial charge >= 0.3 is 11.9 Å². The number of aliphatic hydroxyl groups excluding tert-OH is 1. The zero-order valence-electron chi connectivity index (χ0n) is 19.9. The van der Waals surface area contributed by atoms with Crippen LogP contribution in [0.15, 0.2) is 23.3 Å². The molecule has 1 N–H and O–H groups in total. The second-order valence-electron chi connectivity index (χ2n) is 10.4. The Kier molecular flexibility index (Phi) is 6.02. The van der Waals surface area contributed by atoms with E-state index >= 15 is 0 Å². The summed E-state index contributed by atoms with van der Waals surface area (Å²) in [5.74, 6) is -1.80. The third-order valence-corrected chi connectivity index (χ3v) is 8.30. The second-order valence-corrected chi connectivity index (χ2v) is 10.4. The van der Waals surface area contributed by atoms with Crippen molar-refractivity contribution >= 4 is 17.7 Å². The Hall–Kier alpha value is -1.95. The van der Waals surface area contributed by atoms with E-state index in [1.54, 1.807) is 32.9 Å². The third kappa shape index (κ3) is 3.29. The molecule has 6 heteroatoms. The van der Waals surface area contributed by atoms with Crippen molar-refractivity contribution in [3.63, 3.8) is 0 Å². The van der Waals surface area contributed by atoms with Gasteiger partial charge in [0.2, 0.25) is 0 Å². The van der Waals surface area contributed by atoms with Crippen LogP contribution in [-0.4, -0.2) is 41.1 Å². The molecular formula is C25H36O6. The summed E-state index contributed by atoms with van der Waals surface area (Å²) >= 11 is 0. The van der Waals surface area contributed by atoms with Crippen LogP contribution in [0.4, 0.5) is 0 Å². The fraction of sp³-hybridized carbons (Fsp3) is 0.720. The molecule has 0 saturated heterocycles. The largest absolute Gasteiger partial charge is 0.459 e. The van der Waals surface area contributed by atoms with Gasteiger partial charge in [-0.05, 0) is 45.1 Å². The molecule has 3 fully saturated rings. The number of allylic oxidation sites excluding steroid dienone is 3. The molecule has 0 heterocycles. The number of hydrogen-bond donors (Lipinski definition) is 1. The first-order valence-corrected chi connectivity index (χ1v) is 11.3. The van der Waals surface area contributed by atoms with Crippen LogP contribution in [-0.2, 0) is 23.9 Å². The number of hydrogen-bond acceptors (Lipinski definition) is 6. The molecule has 0 aromatic rings. The number of aliphatic hydroxyl groups is 1. The van der Waals surface area contributed by atoms with Crippen LogP contribution in [0, 0.1) is 34.5 Å². The summed E-state index contributed by atoms with van der Waals surface area (Å²) in [6.45, 7) is 14.8. The molecule has 31 heavy (non-hydrogen) atoms.